The zero-order chi connectivity index (χ0) is 9.80. The molecule has 1 fully saturated rings. The van der Waals surface area contributed by atoms with Gasteiger partial charge in [0.25, 0.3) is 0 Å². The molecule has 0 bridgehead atoms. The maximum Gasteiger partial charge on any atom is 0.0175 e. The van der Waals surface area contributed by atoms with Crippen molar-refractivity contribution in [3.8, 4) is 0 Å². The standard InChI is InChI=1S/C13H17Br/c14-13-9-7-12(8-10-13)6-2-5-11-3-1-4-11/h7-11H,1-6H2. The van der Waals surface area contributed by atoms with Crippen LogP contribution in [0.5, 0.6) is 0 Å². The molecule has 0 heterocycles. The molecule has 0 N–H and O–H groups in total. The Morgan fingerprint density at radius 3 is 2.43 bits per heavy atom. The lowest BCUT2D eigenvalue weighted by Gasteiger charge is -2.24. The quantitative estimate of drug-likeness (QED) is 0.737. The highest BCUT2D eigenvalue weighted by atomic mass is 79.9. The van der Waals surface area contributed by atoms with Crippen LogP contribution >= 0.6 is 15.9 Å². The van der Waals surface area contributed by atoms with Gasteiger partial charge in [0.05, 0.1) is 0 Å². The predicted molar refractivity (Wildman–Crippen MR) is 64.4 cm³/mol. The van der Waals surface area contributed by atoms with Crippen molar-refractivity contribution in [3.05, 3.63) is 34.3 Å². The van der Waals surface area contributed by atoms with Gasteiger partial charge in [-0.3, -0.25) is 0 Å². The second kappa shape index (κ2) is 4.97. The van der Waals surface area contributed by atoms with E-state index >= 15 is 0 Å². The number of halogens is 1. The van der Waals surface area contributed by atoms with E-state index < -0.39 is 0 Å². The van der Waals surface area contributed by atoms with E-state index in [1.54, 1.807) is 0 Å². The molecule has 0 radical (unpaired) electrons. The first-order chi connectivity index (χ1) is 6.84. The van der Waals surface area contributed by atoms with Crippen LogP contribution in [0.2, 0.25) is 0 Å². The van der Waals surface area contributed by atoms with Crippen LogP contribution in [0.1, 0.15) is 37.7 Å². The van der Waals surface area contributed by atoms with Crippen molar-refractivity contribution in [3.63, 3.8) is 0 Å². The molecule has 1 heteroatoms. The van der Waals surface area contributed by atoms with Crippen molar-refractivity contribution in [2.45, 2.75) is 38.5 Å². The van der Waals surface area contributed by atoms with E-state index in [1.807, 2.05) is 0 Å². The first kappa shape index (κ1) is 10.2. The van der Waals surface area contributed by atoms with E-state index in [4.69, 9.17) is 0 Å². The molecule has 0 aromatic heterocycles. The molecule has 76 valence electrons. The maximum atomic E-state index is 3.46. The zero-order valence-electron chi connectivity index (χ0n) is 8.51. The minimum Gasteiger partial charge on any atom is -0.0579 e. The highest BCUT2D eigenvalue weighted by Crippen LogP contribution is 2.30. The molecule has 1 aromatic rings. The summed E-state index contributed by atoms with van der Waals surface area (Å²) in [4.78, 5) is 0. The Kier molecular flexibility index (Phi) is 3.63. The van der Waals surface area contributed by atoms with Gasteiger partial charge < -0.3 is 0 Å². The fourth-order valence-corrected chi connectivity index (χ4v) is 2.29. The lowest BCUT2D eigenvalue weighted by Crippen LogP contribution is -2.10. The first-order valence-electron chi connectivity index (χ1n) is 5.59. The third-order valence-corrected chi connectivity index (χ3v) is 3.74. The molecule has 0 spiro atoms. The summed E-state index contributed by atoms with van der Waals surface area (Å²) in [5.74, 6) is 1.06. The van der Waals surface area contributed by atoms with Crippen molar-refractivity contribution in [2.75, 3.05) is 0 Å². The summed E-state index contributed by atoms with van der Waals surface area (Å²) in [6.07, 6.45) is 8.51. The summed E-state index contributed by atoms with van der Waals surface area (Å²) in [6, 6.07) is 8.73. The molecule has 0 nitrogen and oxygen atoms in total. The maximum absolute atomic E-state index is 3.46. The zero-order valence-corrected chi connectivity index (χ0v) is 10.1. The van der Waals surface area contributed by atoms with Gasteiger partial charge in [0.15, 0.2) is 0 Å². The Hall–Kier alpha value is -0.300. The van der Waals surface area contributed by atoms with Crippen molar-refractivity contribution in [2.24, 2.45) is 5.92 Å². The molecule has 0 unspecified atom stereocenters. The van der Waals surface area contributed by atoms with Gasteiger partial charge in [-0.05, 0) is 36.5 Å². The molecule has 14 heavy (non-hydrogen) atoms. The summed E-state index contributed by atoms with van der Waals surface area (Å²) in [7, 11) is 0. The van der Waals surface area contributed by atoms with Crippen molar-refractivity contribution >= 4 is 15.9 Å². The highest BCUT2D eigenvalue weighted by Gasteiger charge is 2.16. The fourth-order valence-electron chi connectivity index (χ4n) is 2.03. The molecule has 0 aliphatic heterocycles. The van der Waals surface area contributed by atoms with Crippen LogP contribution in [0, 0.1) is 5.92 Å². The molecule has 0 saturated heterocycles. The summed E-state index contributed by atoms with van der Waals surface area (Å²) in [5, 5.41) is 0. The normalized spacial score (nSPS) is 16.6. The number of hydrogen-bond donors (Lipinski definition) is 0. The highest BCUT2D eigenvalue weighted by molar-refractivity contribution is 9.10. The summed E-state index contributed by atoms with van der Waals surface area (Å²) < 4.78 is 1.18. The molecule has 0 amide bonds. The second-order valence-corrected chi connectivity index (χ2v) is 5.23. The smallest absolute Gasteiger partial charge is 0.0175 e. The third-order valence-electron chi connectivity index (χ3n) is 3.22. The van der Waals surface area contributed by atoms with E-state index in [9.17, 15) is 0 Å². The Morgan fingerprint density at radius 1 is 1.14 bits per heavy atom. The second-order valence-electron chi connectivity index (χ2n) is 4.32. The van der Waals surface area contributed by atoms with Crippen molar-refractivity contribution in [1.29, 1.82) is 0 Å². The van der Waals surface area contributed by atoms with Crippen LogP contribution in [-0.2, 0) is 6.42 Å². The SMILES string of the molecule is Brc1ccc(CCCC2CCC2)cc1. The third kappa shape index (κ3) is 2.84. The number of aryl methyl sites for hydroxylation is 1. The van der Waals surface area contributed by atoms with Crippen molar-refractivity contribution < 1.29 is 0 Å². The van der Waals surface area contributed by atoms with Gasteiger partial charge in [0, 0.05) is 4.47 Å². The number of hydrogen-bond acceptors (Lipinski definition) is 0. The van der Waals surface area contributed by atoms with Crippen molar-refractivity contribution in [1.82, 2.24) is 0 Å². The lowest BCUT2D eigenvalue weighted by molar-refractivity contribution is 0.290. The van der Waals surface area contributed by atoms with Crippen LogP contribution in [0.25, 0.3) is 0 Å². The van der Waals surface area contributed by atoms with Crippen LogP contribution in [-0.4, -0.2) is 0 Å². The van der Waals surface area contributed by atoms with Gasteiger partial charge >= 0.3 is 0 Å². The van der Waals surface area contributed by atoms with E-state index in [-0.39, 0.29) is 0 Å². The van der Waals surface area contributed by atoms with Crippen LogP contribution < -0.4 is 0 Å². The average Bonchev–Trinajstić information content (AvgIpc) is 2.12. The molecule has 1 aliphatic rings. The van der Waals surface area contributed by atoms with Gasteiger partial charge in [0.1, 0.15) is 0 Å². The molecule has 0 atom stereocenters. The molecule has 2 rings (SSSR count). The molecular weight excluding hydrogens is 236 g/mol. The van der Waals surface area contributed by atoms with Crippen LogP contribution in [0.15, 0.2) is 28.7 Å². The Morgan fingerprint density at radius 2 is 1.86 bits per heavy atom. The molecule has 1 saturated carbocycles. The fraction of sp³-hybridized carbons (Fsp3) is 0.538. The van der Waals surface area contributed by atoms with Gasteiger partial charge in [-0.25, -0.2) is 0 Å². The average molecular weight is 253 g/mol. The Bertz CT molecular complexity index is 272. The summed E-state index contributed by atoms with van der Waals surface area (Å²) >= 11 is 3.46. The van der Waals surface area contributed by atoms with Gasteiger partial charge in [-0.1, -0.05) is 53.7 Å². The predicted octanol–water partition coefficient (Wildman–Crippen LogP) is 4.57. The van der Waals surface area contributed by atoms with Gasteiger partial charge in [0.2, 0.25) is 0 Å². The first-order valence-corrected chi connectivity index (χ1v) is 6.38. The van der Waals surface area contributed by atoms with Crippen LogP contribution in [0.3, 0.4) is 0 Å². The number of benzene rings is 1. The monoisotopic (exact) mass is 252 g/mol. The van der Waals surface area contributed by atoms with E-state index in [2.05, 4.69) is 40.2 Å². The largest absolute Gasteiger partial charge is 0.0579 e. The summed E-state index contributed by atoms with van der Waals surface area (Å²) in [6.45, 7) is 0. The molecular formula is C13H17Br. The Labute approximate surface area is 94.8 Å². The van der Waals surface area contributed by atoms with Gasteiger partial charge in [-0.2, -0.15) is 0 Å². The minimum atomic E-state index is 1.06. The Balaban J connectivity index is 1.71. The molecule has 1 aromatic carbocycles. The van der Waals surface area contributed by atoms with E-state index in [0.29, 0.717) is 0 Å². The van der Waals surface area contributed by atoms with E-state index in [0.717, 1.165) is 5.92 Å². The topological polar surface area (TPSA) is 0 Å². The minimum absolute atomic E-state index is 1.06. The molecule has 1 aliphatic carbocycles. The lowest BCUT2D eigenvalue weighted by atomic mass is 9.81. The van der Waals surface area contributed by atoms with E-state index in [1.165, 1.54) is 48.6 Å². The van der Waals surface area contributed by atoms with Crippen LogP contribution in [0.4, 0.5) is 0 Å². The van der Waals surface area contributed by atoms with Gasteiger partial charge in [-0.15, -0.1) is 0 Å². The number of rotatable bonds is 4. The summed E-state index contributed by atoms with van der Waals surface area (Å²) in [5.41, 5.74) is 1.48.